The van der Waals surface area contributed by atoms with Gasteiger partial charge >= 0.3 is 23.9 Å². The molecule has 0 aliphatic heterocycles. The number of allylic oxidation sites excluding steroid dienone is 20. The molecule has 0 amide bonds. The van der Waals surface area contributed by atoms with Gasteiger partial charge in [-0.2, -0.15) is 16.8 Å². The van der Waals surface area contributed by atoms with E-state index in [0.717, 1.165) is 39.0 Å². The molecule has 2 aliphatic carbocycles. The SMILES string of the molecule is CC1=C[C@H](OC(=O)CC(C(=O)O)S(=O)(=O)O)CC(C)(C)[C@H]1/C=C/C(C)=C/C=C/C(C)=C/C=C/C=C(C)/C=C/C=C(C)/C=C/C1=C(C)C[C@@H](OC(=O)CC(C(=O)O)S(=O)(=O)O)CC1(C)C. The Morgan fingerprint density at radius 3 is 1.56 bits per heavy atom. The lowest BCUT2D eigenvalue weighted by Crippen LogP contribution is -2.37. The molecule has 2 unspecified atom stereocenters. The molecule has 2 rings (SSSR count). The number of aliphatic carboxylic acids is 2. The van der Waals surface area contributed by atoms with Crippen LogP contribution in [-0.2, 0) is 48.9 Å². The molecular formula is C48H64O14S2. The molecule has 0 spiro atoms. The molecule has 5 atom stereocenters. The Labute approximate surface area is 378 Å². The lowest BCUT2D eigenvalue weighted by Gasteiger charge is -2.40. The smallest absolute Gasteiger partial charge is 0.325 e. The van der Waals surface area contributed by atoms with E-state index in [1.807, 2.05) is 148 Å². The summed E-state index contributed by atoms with van der Waals surface area (Å²) in [6, 6.07) is 0. The standard InChI is InChI=1S/C48H64O14S2/c1-31(17-13-19-33(3)21-23-39-35(5)25-37(29-47(39,7)8)61-43(49)27-41(45(51)52)63(55,56)57)15-11-12-16-32(2)18-14-20-34(4)22-24-40-36(6)26-38(30-48(40,9)10)62-44(50)28-42(46(53)54)64(58,59)60/h11-25,37-39,41-42H,26-30H2,1-10H3,(H,51,52)(H,53,54)(H,55,56,57)(H,58,59,60)/b12-11+,17-13+,18-14+,23-21+,24-22+,31-15+,32-16+,33-19+,34-20+/t37-,38+,39-,41?,42?/m0/s1. The highest BCUT2D eigenvalue weighted by molar-refractivity contribution is 7.87. The van der Waals surface area contributed by atoms with E-state index in [1.165, 1.54) is 0 Å². The van der Waals surface area contributed by atoms with Crippen LogP contribution < -0.4 is 0 Å². The number of carbonyl (C=O) groups excluding carboxylic acids is 2. The molecule has 16 heteroatoms. The van der Waals surface area contributed by atoms with Crippen molar-refractivity contribution in [3.8, 4) is 0 Å². The maximum atomic E-state index is 12.4. The molecule has 2 aliphatic rings. The summed E-state index contributed by atoms with van der Waals surface area (Å²) in [6.07, 6.45) is 27.8. The lowest BCUT2D eigenvalue weighted by molar-refractivity contribution is -0.153. The van der Waals surface area contributed by atoms with Gasteiger partial charge in [-0.05, 0) is 76.9 Å². The van der Waals surface area contributed by atoms with Gasteiger partial charge in [0.25, 0.3) is 20.2 Å². The van der Waals surface area contributed by atoms with Crippen LogP contribution in [0.2, 0.25) is 0 Å². The van der Waals surface area contributed by atoms with Crippen molar-refractivity contribution in [2.24, 2.45) is 16.7 Å². The first-order valence-corrected chi connectivity index (χ1v) is 23.7. The highest BCUT2D eigenvalue weighted by atomic mass is 32.2. The monoisotopic (exact) mass is 928 g/mol. The Kier molecular flexibility index (Phi) is 20.3. The first-order valence-electron chi connectivity index (χ1n) is 20.7. The van der Waals surface area contributed by atoms with E-state index in [2.05, 4.69) is 6.08 Å². The van der Waals surface area contributed by atoms with Crippen LogP contribution >= 0.6 is 0 Å². The second kappa shape index (κ2) is 23.7. The third kappa shape index (κ3) is 18.5. The van der Waals surface area contributed by atoms with Gasteiger partial charge in [0.2, 0.25) is 0 Å². The number of carboxylic acids is 2. The molecule has 0 saturated carbocycles. The minimum atomic E-state index is -4.97. The van der Waals surface area contributed by atoms with Crippen LogP contribution in [0.3, 0.4) is 0 Å². The quantitative estimate of drug-likeness (QED) is 0.0386. The van der Waals surface area contributed by atoms with Crippen molar-refractivity contribution in [3.05, 3.63) is 130 Å². The van der Waals surface area contributed by atoms with Crippen molar-refractivity contribution < 1.29 is 64.8 Å². The number of ether oxygens (including phenoxy) is 2. The summed E-state index contributed by atoms with van der Waals surface area (Å²) in [5.41, 5.74) is 6.40. The summed E-state index contributed by atoms with van der Waals surface area (Å²) in [5.74, 6) is -5.66. The van der Waals surface area contributed by atoms with E-state index in [4.69, 9.17) is 28.8 Å². The van der Waals surface area contributed by atoms with Crippen LogP contribution in [0.1, 0.15) is 101 Å². The fourth-order valence-electron chi connectivity index (χ4n) is 7.63. The van der Waals surface area contributed by atoms with Crippen LogP contribution in [0.15, 0.2) is 130 Å². The molecule has 0 aromatic carbocycles. The number of carboxylic acid groups (broad SMARTS) is 2. The van der Waals surface area contributed by atoms with Gasteiger partial charge in [-0.1, -0.05) is 146 Å². The predicted octanol–water partition coefficient (Wildman–Crippen LogP) is 8.97. The molecule has 64 heavy (non-hydrogen) atoms. The predicted molar refractivity (Wildman–Crippen MR) is 247 cm³/mol. The molecule has 14 nitrogen and oxygen atoms in total. The number of hydrogen-bond donors (Lipinski definition) is 4. The maximum absolute atomic E-state index is 12.4. The molecule has 0 aromatic heterocycles. The van der Waals surface area contributed by atoms with E-state index in [0.29, 0.717) is 19.3 Å². The van der Waals surface area contributed by atoms with E-state index >= 15 is 0 Å². The molecule has 352 valence electrons. The fraction of sp³-hybridized carbons (Fsp3) is 0.458. The maximum Gasteiger partial charge on any atom is 0.325 e. The Bertz CT molecular complexity index is 2340. The van der Waals surface area contributed by atoms with Crippen LogP contribution in [0, 0.1) is 16.7 Å². The molecule has 0 saturated heterocycles. The normalized spacial score (nSPS) is 22.7. The molecule has 0 bridgehead atoms. The Balaban J connectivity index is 1.95. The summed E-state index contributed by atoms with van der Waals surface area (Å²) < 4.78 is 74.6. The number of esters is 2. The van der Waals surface area contributed by atoms with E-state index in [1.54, 1.807) is 6.08 Å². The minimum absolute atomic E-state index is 0.0214. The minimum Gasteiger partial charge on any atom is -0.480 e. The Hall–Kier alpha value is -5.16. The highest BCUT2D eigenvalue weighted by Gasteiger charge is 2.40. The van der Waals surface area contributed by atoms with Gasteiger partial charge in [0.15, 0.2) is 10.5 Å². The second-order valence-corrected chi connectivity index (χ2v) is 20.9. The van der Waals surface area contributed by atoms with Gasteiger partial charge in [0.05, 0.1) is 12.8 Å². The summed E-state index contributed by atoms with van der Waals surface area (Å²) in [5, 5.41) is 13.6. The largest absolute Gasteiger partial charge is 0.480 e. The zero-order chi connectivity index (χ0) is 48.8. The third-order valence-electron chi connectivity index (χ3n) is 10.9. The molecule has 0 aromatic rings. The van der Waals surface area contributed by atoms with E-state index in [9.17, 15) is 36.0 Å². The van der Waals surface area contributed by atoms with Gasteiger partial charge in [-0.25, -0.2) is 0 Å². The van der Waals surface area contributed by atoms with Crippen molar-refractivity contribution in [2.45, 2.75) is 124 Å². The van der Waals surface area contributed by atoms with Crippen LogP contribution in [0.25, 0.3) is 0 Å². The number of carbonyl (C=O) groups is 4. The van der Waals surface area contributed by atoms with Crippen molar-refractivity contribution in [2.75, 3.05) is 0 Å². The summed E-state index contributed by atoms with van der Waals surface area (Å²) >= 11 is 0. The van der Waals surface area contributed by atoms with Crippen molar-refractivity contribution in [1.82, 2.24) is 0 Å². The first kappa shape index (κ1) is 55.0. The van der Waals surface area contributed by atoms with Crippen LogP contribution in [0.5, 0.6) is 0 Å². The molecular weight excluding hydrogens is 865 g/mol. The number of rotatable bonds is 20. The van der Waals surface area contributed by atoms with Crippen LogP contribution in [0.4, 0.5) is 0 Å². The van der Waals surface area contributed by atoms with E-state index in [-0.39, 0.29) is 16.7 Å². The first-order chi connectivity index (χ1) is 29.4. The summed E-state index contributed by atoms with van der Waals surface area (Å²) in [6.45, 7) is 19.9. The Morgan fingerprint density at radius 1 is 0.688 bits per heavy atom. The van der Waals surface area contributed by atoms with Crippen molar-refractivity contribution in [3.63, 3.8) is 0 Å². The van der Waals surface area contributed by atoms with Gasteiger partial charge in [0.1, 0.15) is 12.2 Å². The van der Waals surface area contributed by atoms with Crippen LogP contribution in [-0.4, -0.2) is 82.7 Å². The molecule has 0 heterocycles. The van der Waals surface area contributed by atoms with Gasteiger partial charge < -0.3 is 19.7 Å². The fourth-order valence-corrected chi connectivity index (χ4v) is 8.84. The van der Waals surface area contributed by atoms with Gasteiger partial charge in [-0.3, -0.25) is 28.3 Å². The van der Waals surface area contributed by atoms with E-state index < -0.39 is 79.7 Å². The summed E-state index contributed by atoms with van der Waals surface area (Å²) in [4.78, 5) is 47.2. The zero-order valence-electron chi connectivity index (χ0n) is 38.3. The third-order valence-corrected chi connectivity index (χ3v) is 13.0. The highest BCUT2D eigenvalue weighted by Crippen LogP contribution is 2.44. The van der Waals surface area contributed by atoms with Crippen molar-refractivity contribution >= 4 is 44.1 Å². The summed E-state index contributed by atoms with van der Waals surface area (Å²) in [7, 11) is -9.93. The van der Waals surface area contributed by atoms with Crippen molar-refractivity contribution in [1.29, 1.82) is 0 Å². The second-order valence-electron chi connectivity index (χ2n) is 17.7. The molecule has 0 fully saturated rings. The lowest BCUT2D eigenvalue weighted by atomic mass is 9.67. The Morgan fingerprint density at radius 2 is 1.12 bits per heavy atom. The molecule has 4 N–H and O–H groups in total. The zero-order valence-corrected chi connectivity index (χ0v) is 39.9. The van der Waals surface area contributed by atoms with Gasteiger partial charge in [0, 0.05) is 12.3 Å². The topological polar surface area (TPSA) is 236 Å². The number of hydrogen-bond acceptors (Lipinski definition) is 10. The molecule has 0 radical (unpaired) electrons. The van der Waals surface area contributed by atoms with Gasteiger partial charge in [-0.15, -0.1) is 0 Å². The average Bonchev–Trinajstić information content (AvgIpc) is 3.12. The average molecular weight is 929 g/mol.